The van der Waals surface area contributed by atoms with Crippen LogP contribution in [0.3, 0.4) is 0 Å². The van der Waals surface area contributed by atoms with Gasteiger partial charge in [-0.05, 0) is 6.07 Å². The zero-order chi connectivity index (χ0) is 10.8. The lowest BCUT2D eigenvalue weighted by Crippen LogP contribution is -1.93. The molecule has 2 aromatic heterocycles. The van der Waals surface area contributed by atoms with E-state index >= 15 is 0 Å². The van der Waals surface area contributed by atoms with E-state index in [9.17, 15) is 0 Å². The Labute approximate surface area is 92.6 Å². The smallest absolute Gasteiger partial charge is 0.0991 e. The summed E-state index contributed by atoms with van der Waals surface area (Å²) >= 11 is 0. The molecule has 0 fully saturated rings. The Hall–Kier alpha value is -2.36. The largest absolute Gasteiger partial charge is 0.351 e. The molecule has 0 saturated carbocycles. The lowest BCUT2D eigenvalue weighted by Gasteiger charge is -2.07. The predicted molar refractivity (Wildman–Crippen MR) is 61.1 cm³/mol. The Morgan fingerprint density at radius 2 is 2.12 bits per heavy atom. The van der Waals surface area contributed by atoms with E-state index < -0.39 is 0 Å². The lowest BCUT2D eigenvalue weighted by atomic mass is 10.1. The van der Waals surface area contributed by atoms with E-state index in [-0.39, 0.29) is 0 Å². The number of hydrogen-bond acceptors (Lipinski definition) is 2. The van der Waals surface area contributed by atoms with Crippen LogP contribution in [0.5, 0.6) is 0 Å². The number of imidazole rings is 2. The third-order valence-corrected chi connectivity index (χ3v) is 2.46. The van der Waals surface area contributed by atoms with Gasteiger partial charge in [-0.1, -0.05) is 18.2 Å². The normalized spacial score (nSPS) is 10.5. The maximum atomic E-state index is 4.27. The number of H-pyrrole nitrogens is 1. The van der Waals surface area contributed by atoms with Gasteiger partial charge in [0.25, 0.3) is 0 Å². The minimum Gasteiger partial charge on any atom is -0.351 e. The van der Waals surface area contributed by atoms with E-state index in [1.807, 2.05) is 41.2 Å². The summed E-state index contributed by atoms with van der Waals surface area (Å²) < 4.78 is 1.98. The number of rotatable bonds is 2. The number of benzene rings is 1. The standard InChI is InChI=1S/C12H10N4/c1-2-4-12(16-6-5-13-9-16)10(3-1)11-7-14-8-15-11/h1-9H,(H,14,15). The first-order valence-electron chi connectivity index (χ1n) is 5.01. The number of nitrogens with zero attached hydrogens (tertiary/aromatic N) is 3. The van der Waals surface area contributed by atoms with Gasteiger partial charge in [-0.3, -0.25) is 0 Å². The summed E-state index contributed by atoms with van der Waals surface area (Å²) in [5.74, 6) is 0. The molecule has 0 atom stereocenters. The van der Waals surface area contributed by atoms with Gasteiger partial charge in [0, 0.05) is 24.2 Å². The van der Waals surface area contributed by atoms with Crippen molar-refractivity contribution in [3.63, 3.8) is 0 Å². The maximum absolute atomic E-state index is 4.27. The number of hydrogen-bond donors (Lipinski definition) is 1. The minimum atomic E-state index is 0.935. The minimum absolute atomic E-state index is 0.935. The van der Waals surface area contributed by atoms with Crippen LogP contribution in [0.25, 0.3) is 16.9 Å². The highest BCUT2D eigenvalue weighted by Gasteiger charge is 2.06. The van der Waals surface area contributed by atoms with Crippen LogP contribution in [0.1, 0.15) is 0 Å². The van der Waals surface area contributed by atoms with Gasteiger partial charge in [0.1, 0.15) is 0 Å². The van der Waals surface area contributed by atoms with Crippen molar-refractivity contribution in [1.82, 2.24) is 19.5 Å². The van der Waals surface area contributed by atoms with E-state index in [4.69, 9.17) is 0 Å². The van der Waals surface area contributed by atoms with Crippen LogP contribution >= 0.6 is 0 Å². The van der Waals surface area contributed by atoms with E-state index in [1.54, 1.807) is 18.9 Å². The molecule has 1 aromatic carbocycles. The van der Waals surface area contributed by atoms with Crippen molar-refractivity contribution in [2.45, 2.75) is 0 Å². The SMILES string of the molecule is c1ccc(-n2ccnc2)c(-c2c[nH]cn2)c1. The van der Waals surface area contributed by atoms with Gasteiger partial charge in [-0.15, -0.1) is 0 Å². The van der Waals surface area contributed by atoms with Gasteiger partial charge in [-0.2, -0.15) is 0 Å². The third kappa shape index (κ3) is 1.40. The summed E-state index contributed by atoms with van der Waals surface area (Å²) in [6, 6.07) is 8.10. The van der Waals surface area contributed by atoms with Gasteiger partial charge >= 0.3 is 0 Å². The molecule has 0 aliphatic carbocycles. The molecule has 0 spiro atoms. The highest BCUT2D eigenvalue weighted by molar-refractivity contribution is 5.69. The first-order valence-corrected chi connectivity index (χ1v) is 5.01. The van der Waals surface area contributed by atoms with E-state index in [0.717, 1.165) is 16.9 Å². The number of para-hydroxylation sites is 1. The molecule has 0 aliphatic heterocycles. The van der Waals surface area contributed by atoms with Gasteiger partial charge < -0.3 is 9.55 Å². The van der Waals surface area contributed by atoms with Crippen molar-refractivity contribution >= 4 is 0 Å². The van der Waals surface area contributed by atoms with Crippen molar-refractivity contribution in [2.75, 3.05) is 0 Å². The second-order valence-electron chi connectivity index (χ2n) is 3.44. The van der Waals surface area contributed by atoms with Crippen molar-refractivity contribution in [3.05, 3.63) is 55.5 Å². The number of nitrogens with one attached hydrogen (secondary N) is 1. The third-order valence-electron chi connectivity index (χ3n) is 2.46. The molecule has 0 saturated heterocycles. The molecule has 4 heteroatoms. The summed E-state index contributed by atoms with van der Waals surface area (Å²) in [7, 11) is 0. The summed E-state index contributed by atoms with van der Waals surface area (Å²) in [5, 5.41) is 0. The Balaban J connectivity index is 2.19. The zero-order valence-corrected chi connectivity index (χ0v) is 8.54. The fourth-order valence-electron chi connectivity index (χ4n) is 1.72. The van der Waals surface area contributed by atoms with E-state index in [2.05, 4.69) is 15.0 Å². The fourth-order valence-corrected chi connectivity index (χ4v) is 1.72. The molecule has 4 nitrogen and oxygen atoms in total. The van der Waals surface area contributed by atoms with Gasteiger partial charge in [0.15, 0.2) is 0 Å². The molecule has 0 aliphatic rings. The summed E-state index contributed by atoms with van der Waals surface area (Å²) in [4.78, 5) is 11.3. The quantitative estimate of drug-likeness (QED) is 0.705. The summed E-state index contributed by atoms with van der Waals surface area (Å²) in [6.07, 6.45) is 9.04. The highest BCUT2D eigenvalue weighted by atomic mass is 15.0. The van der Waals surface area contributed by atoms with Gasteiger partial charge in [0.2, 0.25) is 0 Å². The summed E-state index contributed by atoms with van der Waals surface area (Å²) in [5.41, 5.74) is 3.10. The average molecular weight is 210 g/mol. The van der Waals surface area contributed by atoms with Crippen LogP contribution in [0, 0.1) is 0 Å². The van der Waals surface area contributed by atoms with Crippen molar-refractivity contribution in [2.24, 2.45) is 0 Å². The zero-order valence-electron chi connectivity index (χ0n) is 8.54. The molecule has 0 unspecified atom stereocenters. The van der Waals surface area contributed by atoms with Crippen molar-refractivity contribution in [3.8, 4) is 16.9 Å². The number of aromatic nitrogens is 4. The fraction of sp³-hybridized carbons (Fsp3) is 0. The van der Waals surface area contributed by atoms with Crippen LogP contribution < -0.4 is 0 Å². The molecule has 16 heavy (non-hydrogen) atoms. The maximum Gasteiger partial charge on any atom is 0.0991 e. The van der Waals surface area contributed by atoms with E-state index in [1.165, 1.54) is 0 Å². The van der Waals surface area contributed by atoms with Gasteiger partial charge in [0.05, 0.1) is 24.0 Å². The van der Waals surface area contributed by atoms with Crippen LogP contribution in [-0.2, 0) is 0 Å². The predicted octanol–water partition coefficient (Wildman–Crippen LogP) is 2.26. The summed E-state index contributed by atoms with van der Waals surface area (Å²) in [6.45, 7) is 0. The Morgan fingerprint density at radius 1 is 1.19 bits per heavy atom. The van der Waals surface area contributed by atoms with Crippen molar-refractivity contribution in [1.29, 1.82) is 0 Å². The molecule has 0 radical (unpaired) electrons. The van der Waals surface area contributed by atoms with Crippen LogP contribution in [0.15, 0.2) is 55.5 Å². The topological polar surface area (TPSA) is 46.5 Å². The molecule has 78 valence electrons. The molecule has 3 aromatic rings. The monoisotopic (exact) mass is 210 g/mol. The highest BCUT2D eigenvalue weighted by Crippen LogP contribution is 2.23. The molecule has 1 N–H and O–H groups in total. The van der Waals surface area contributed by atoms with Crippen LogP contribution in [0.2, 0.25) is 0 Å². The molecule has 0 amide bonds. The first-order chi connectivity index (χ1) is 7.95. The number of aromatic amines is 1. The van der Waals surface area contributed by atoms with Crippen molar-refractivity contribution < 1.29 is 0 Å². The van der Waals surface area contributed by atoms with Gasteiger partial charge in [-0.25, -0.2) is 9.97 Å². The van der Waals surface area contributed by atoms with Crippen LogP contribution in [0.4, 0.5) is 0 Å². The molecule has 3 rings (SSSR count). The Bertz CT molecular complexity index is 514. The lowest BCUT2D eigenvalue weighted by molar-refractivity contribution is 1.06. The molecule has 2 heterocycles. The Kier molecular flexibility index (Phi) is 2.04. The second-order valence-corrected chi connectivity index (χ2v) is 3.44. The average Bonchev–Trinajstić information content (AvgIpc) is 3.03. The Morgan fingerprint density at radius 3 is 2.88 bits per heavy atom. The molecule has 0 bridgehead atoms. The molecular formula is C12H10N4. The first kappa shape index (κ1) is 8.91. The van der Waals surface area contributed by atoms with Crippen LogP contribution in [-0.4, -0.2) is 19.5 Å². The van der Waals surface area contributed by atoms with E-state index in [0.29, 0.717) is 0 Å². The second kappa shape index (κ2) is 3.66. The molecular weight excluding hydrogens is 200 g/mol.